The van der Waals surface area contributed by atoms with Crippen molar-refractivity contribution in [3.63, 3.8) is 0 Å². The first-order chi connectivity index (χ1) is 14.0. The summed E-state index contributed by atoms with van der Waals surface area (Å²) in [5.74, 6) is 0.978. The van der Waals surface area contributed by atoms with Crippen LogP contribution in [0.1, 0.15) is 30.9 Å². The molecule has 0 aromatic heterocycles. The summed E-state index contributed by atoms with van der Waals surface area (Å²) in [7, 11) is 4.43. The van der Waals surface area contributed by atoms with Gasteiger partial charge in [0.25, 0.3) is 0 Å². The van der Waals surface area contributed by atoms with Gasteiger partial charge in [0.1, 0.15) is 0 Å². The summed E-state index contributed by atoms with van der Waals surface area (Å²) in [4.78, 5) is 12.4. The molecule has 2 heterocycles. The van der Waals surface area contributed by atoms with Crippen LogP contribution in [-0.2, 0) is 6.54 Å². The molecule has 0 spiro atoms. The van der Waals surface area contributed by atoms with Gasteiger partial charge in [-0.05, 0) is 51.9 Å². The molecule has 0 saturated carbocycles. The van der Waals surface area contributed by atoms with Crippen molar-refractivity contribution in [2.24, 2.45) is 4.99 Å². The van der Waals surface area contributed by atoms with Gasteiger partial charge in [0.2, 0.25) is 0 Å². The summed E-state index contributed by atoms with van der Waals surface area (Å²) in [6.07, 6.45) is 2.34. The maximum atomic E-state index is 4.93. The Labute approximate surface area is 177 Å². The highest BCUT2D eigenvalue weighted by molar-refractivity contribution is 5.80. The highest BCUT2D eigenvalue weighted by atomic mass is 15.3. The SMILES string of the molecule is CCNC(=NCC1CN(C)CCN1C)NC1CCN(Cc2ccccc2C)CC1. The molecule has 0 bridgehead atoms. The molecule has 2 N–H and O–H groups in total. The fourth-order valence-electron chi connectivity index (χ4n) is 4.27. The van der Waals surface area contributed by atoms with Crippen LogP contribution in [0.15, 0.2) is 29.3 Å². The predicted octanol–water partition coefficient (Wildman–Crippen LogP) is 1.76. The average Bonchev–Trinajstić information content (AvgIpc) is 2.72. The molecule has 0 aliphatic carbocycles. The number of nitrogens with one attached hydrogen (secondary N) is 2. The third-order valence-corrected chi connectivity index (χ3v) is 6.37. The van der Waals surface area contributed by atoms with Crippen molar-refractivity contribution in [2.75, 3.05) is 59.9 Å². The number of likely N-dealkylation sites (tertiary alicyclic amines) is 1. The summed E-state index contributed by atoms with van der Waals surface area (Å²) in [5.41, 5.74) is 2.85. The monoisotopic (exact) mass is 400 g/mol. The van der Waals surface area contributed by atoms with Crippen LogP contribution >= 0.6 is 0 Å². The molecule has 162 valence electrons. The molecule has 2 aliphatic heterocycles. The number of likely N-dealkylation sites (N-methyl/N-ethyl adjacent to an activating group) is 2. The zero-order chi connectivity index (χ0) is 20.6. The summed E-state index contributed by atoms with van der Waals surface area (Å²) in [6.45, 7) is 12.8. The van der Waals surface area contributed by atoms with Gasteiger partial charge in [-0.25, -0.2) is 0 Å². The fraction of sp³-hybridized carbons (Fsp3) is 0.696. The molecule has 6 nitrogen and oxygen atoms in total. The fourth-order valence-corrected chi connectivity index (χ4v) is 4.27. The van der Waals surface area contributed by atoms with Crippen molar-refractivity contribution < 1.29 is 0 Å². The van der Waals surface area contributed by atoms with E-state index in [-0.39, 0.29) is 0 Å². The van der Waals surface area contributed by atoms with E-state index in [1.165, 1.54) is 24.0 Å². The Hall–Kier alpha value is -1.63. The summed E-state index contributed by atoms with van der Waals surface area (Å²) in [6, 6.07) is 9.75. The number of piperidine rings is 1. The minimum Gasteiger partial charge on any atom is -0.357 e. The topological polar surface area (TPSA) is 46.1 Å². The zero-order valence-electron chi connectivity index (χ0n) is 18.8. The molecule has 1 atom stereocenters. The van der Waals surface area contributed by atoms with E-state index < -0.39 is 0 Å². The van der Waals surface area contributed by atoms with Crippen molar-refractivity contribution in [3.8, 4) is 0 Å². The Morgan fingerprint density at radius 2 is 1.86 bits per heavy atom. The van der Waals surface area contributed by atoms with Crippen LogP contribution in [0.3, 0.4) is 0 Å². The first-order valence-electron chi connectivity index (χ1n) is 11.3. The number of aliphatic imine (C=N–C) groups is 1. The lowest BCUT2D eigenvalue weighted by Crippen LogP contribution is -2.52. The lowest BCUT2D eigenvalue weighted by Gasteiger charge is -2.37. The lowest BCUT2D eigenvalue weighted by atomic mass is 10.0. The van der Waals surface area contributed by atoms with E-state index in [2.05, 4.69) is 77.5 Å². The first-order valence-corrected chi connectivity index (χ1v) is 11.3. The van der Waals surface area contributed by atoms with Crippen molar-refractivity contribution >= 4 is 5.96 Å². The number of rotatable bonds is 6. The largest absolute Gasteiger partial charge is 0.357 e. The van der Waals surface area contributed by atoms with E-state index in [1.807, 2.05) is 0 Å². The Kier molecular flexibility index (Phi) is 8.33. The van der Waals surface area contributed by atoms with Gasteiger partial charge in [-0.3, -0.25) is 14.8 Å². The van der Waals surface area contributed by atoms with Crippen LogP contribution in [0.2, 0.25) is 0 Å². The van der Waals surface area contributed by atoms with E-state index in [0.29, 0.717) is 12.1 Å². The van der Waals surface area contributed by atoms with Gasteiger partial charge in [-0.2, -0.15) is 0 Å². The molecule has 29 heavy (non-hydrogen) atoms. The highest BCUT2D eigenvalue weighted by Gasteiger charge is 2.23. The van der Waals surface area contributed by atoms with Gasteiger partial charge >= 0.3 is 0 Å². The van der Waals surface area contributed by atoms with Crippen LogP contribution in [0.5, 0.6) is 0 Å². The van der Waals surface area contributed by atoms with E-state index >= 15 is 0 Å². The van der Waals surface area contributed by atoms with Crippen LogP contribution < -0.4 is 10.6 Å². The van der Waals surface area contributed by atoms with E-state index in [0.717, 1.165) is 58.3 Å². The number of benzene rings is 1. The zero-order valence-corrected chi connectivity index (χ0v) is 18.8. The molecular formula is C23H40N6. The quantitative estimate of drug-likeness (QED) is 0.563. The highest BCUT2D eigenvalue weighted by Crippen LogP contribution is 2.16. The smallest absolute Gasteiger partial charge is 0.191 e. The van der Waals surface area contributed by atoms with Crippen LogP contribution in [0, 0.1) is 6.92 Å². The molecule has 0 radical (unpaired) electrons. The molecule has 2 fully saturated rings. The second-order valence-electron chi connectivity index (χ2n) is 8.74. The maximum absolute atomic E-state index is 4.93. The summed E-state index contributed by atoms with van der Waals surface area (Å²) >= 11 is 0. The van der Waals surface area contributed by atoms with Gasteiger partial charge in [-0.1, -0.05) is 24.3 Å². The molecule has 2 saturated heterocycles. The van der Waals surface area contributed by atoms with E-state index in [1.54, 1.807) is 0 Å². The van der Waals surface area contributed by atoms with Gasteiger partial charge in [0.05, 0.1) is 6.54 Å². The van der Waals surface area contributed by atoms with Crippen molar-refractivity contribution in [1.82, 2.24) is 25.3 Å². The Bertz CT molecular complexity index is 653. The molecule has 2 aliphatic rings. The first kappa shape index (κ1) is 22.1. The van der Waals surface area contributed by atoms with Crippen LogP contribution in [0.25, 0.3) is 0 Å². The second-order valence-corrected chi connectivity index (χ2v) is 8.74. The third-order valence-electron chi connectivity index (χ3n) is 6.37. The molecule has 3 rings (SSSR count). The summed E-state index contributed by atoms with van der Waals surface area (Å²) in [5, 5.41) is 7.15. The van der Waals surface area contributed by atoms with Gasteiger partial charge in [0.15, 0.2) is 5.96 Å². The van der Waals surface area contributed by atoms with Crippen LogP contribution in [0.4, 0.5) is 0 Å². The molecular weight excluding hydrogens is 360 g/mol. The predicted molar refractivity (Wildman–Crippen MR) is 123 cm³/mol. The van der Waals surface area contributed by atoms with Gasteiger partial charge in [0, 0.05) is 57.9 Å². The molecule has 1 unspecified atom stereocenters. The Balaban J connectivity index is 1.48. The third kappa shape index (κ3) is 6.69. The minimum absolute atomic E-state index is 0.500. The number of guanidine groups is 1. The minimum atomic E-state index is 0.500. The lowest BCUT2D eigenvalue weighted by molar-refractivity contribution is 0.119. The molecule has 1 aromatic rings. The van der Waals surface area contributed by atoms with Crippen molar-refractivity contribution in [1.29, 1.82) is 0 Å². The number of hydrogen-bond acceptors (Lipinski definition) is 4. The number of piperazine rings is 1. The second kappa shape index (κ2) is 11.0. The Morgan fingerprint density at radius 1 is 1.10 bits per heavy atom. The number of nitrogens with zero attached hydrogens (tertiary/aromatic N) is 4. The number of hydrogen-bond donors (Lipinski definition) is 2. The summed E-state index contributed by atoms with van der Waals surface area (Å²) < 4.78 is 0. The van der Waals surface area contributed by atoms with Gasteiger partial charge < -0.3 is 15.5 Å². The molecule has 6 heteroatoms. The normalized spacial score (nSPS) is 23.3. The standard InChI is InChI=1S/C23H40N6/c1-5-24-23(25-16-22-18-27(3)14-15-28(22)4)26-21-10-12-29(13-11-21)17-20-9-7-6-8-19(20)2/h6-9,21-22H,5,10-18H2,1-4H3,(H2,24,25,26). The molecule has 0 amide bonds. The Morgan fingerprint density at radius 3 is 2.59 bits per heavy atom. The van der Waals surface area contributed by atoms with Crippen LogP contribution in [-0.4, -0.2) is 92.7 Å². The van der Waals surface area contributed by atoms with E-state index in [9.17, 15) is 0 Å². The molecule has 1 aromatic carbocycles. The maximum Gasteiger partial charge on any atom is 0.191 e. The van der Waals surface area contributed by atoms with Gasteiger partial charge in [-0.15, -0.1) is 0 Å². The van der Waals surface area contributed by atoms with E-state index in [4.69, 9.17) is 4.99 Å². The number of aryl methyl sites for hydroxylation is 1. The average molecular weight is 401 g/mol. The van der Waals surface area contributed by atoms with Crippen molar-refractivity contribution in [3.05, 3.63) is 35.4 Å². The van der Waals surface area contributed by atoms with Crippen molar-refractivity contribution in [2.45, 2.75) is 45.3 Å².